The van der Waals surface area contributed by atoms with Crippen LogP contribution >= 0.6 is 51.1 Å². The SMILES string of the molecule is SCCc1ccc(Br)cc1I. The Kier molecular flexibility index (Phi) is 4.23. The quantitative estimate of drug-likeness (QED) is 0.617. The molecule has 0 heterocycles. The van der Waals surface area contributed by atoms with Crippen molar-refractivity contribution in [1.82, 2.24) is 0 Å². The fraction of sp³-hybridized carbons (Fsp3) is 0.250. The Labute approximate surface area is 94.4 Å². The second kappa shape index (κ2) is 4.72. The van der Waals surface area contributed by atoms with Crippen molar-refractivity contribution in [2.24, 2.45) is 0 Å². The van der Waals surface area contributed by atoms with Crippen LogP contribution in [-0.4, -0.2) is 5.75 Å². The van der Waals surface area contributed by atoms with E-state index in [1.54, 1.807) is 0 Å². The lowest BCUT2D eigenvalue weighted by molar-refractivity contribution is 1.14. The predicted octanol–water partition coefficient (Wildman–Crippen LogP) is 3.53. The van der Waals surface area contributed by atoms with Crippen LogP contribution in [0, 0.1) is 3.57 Å². The van der Waals surface area contributed by atoms with Crippen LogP contribution in [0.4, 0.5) is 0 Å². The molecule has 0 bridgehead atoms. The predicted molar refractivity (Wildman–Crippen MR) is 64.4 cm³/mol. The van der Waals surface area contributed by atoms with E-state index in [9.17, 15) is 0 Å². The first-order valence-electron chi connectivity index (χ1n) is 3.29. The number of hydrogen-bond acceptors (Lipinski definition) is 1. The van der Waals surface area contributed by atoms with Crippen molar-refractivity contribution in [2.45, 2.75) is 6.42 Å². The van der Waals surface area contributed by atoms with Crippen LogP contribution in [0.15, 0.2) is 22.7 Å². The molecule has 0 nitrogen and oxygen atoms in total. The van der Waals surface area contributed by atoms with Crippen molar-refractivity contribution >= 4 is 51.1 Å². The molecule has 0 aromatic heterocycles. The van der Waals surface area contributed by atoms with Crippen LogP contribution in [0.2, 0.25) is 0 Å². The van der Waals surface area contributed by atoms with Gasteiger partial charge in [0.1, 0.15) is 0 Å². The largest absolute Gasteiger partial charge is 0.179 e. The first kappa shape index (κ1) is 9.86. The van der Waals surface area contributed by atoms with E-state index < -0.39 is 0 Å². The summed E-state index contributed by atoms with van der Waals surface area (Å²) in [6.07, 6.45) is 1.05. The summed E-state index contributed by atoms with van der Waals surface area (Å²) in [5.41, 5.74) is 1.38. The number of benzene rings is 1. The van der Waals surface area contributed by atoms with Gasteiger partial charge in [-0.3, -0.25) is 0 Å². The molecule has 0 saturated heterocycles. The number of halogens is 2. The molecular formula is C8H8BrIS. The minimum absolute atomic E-state index is 0.914. The first-order chi connectivity index (χ1) is 5.24. The van der Waals surface area contributed by atoms with Crippen LogP contribution in [-0.2, 0) is 6.42 Å². The van der Waals surface area contributed by atoms with Gasteiger partial charge < -0.3 is 0 Å². The highest BCUT2D eigenvalue weighted by Gasteiger charge is 1.97. The molecule has 1 aromatic rings. The van der Waals surface area contributed by atoms with Gasteiger partial charge >= 0.3 is 0 Å². The van der Waals surface area contributed by atoms with Gasteiger partial charge in [-0.2, -0.15) is 12.6 Å². The summed E-state index contributed by atoms with van der Waals surface area (Å²) >= 11 is 9.96. The molecule has 0 radical (unpaired) electrons. The molecule has 0 atom stereocenters. The first-order valence-corrected chi connectivity index (χ1v) is 5.79. The third kappa shape index (κ3) is 2.95. The second-order valence-electron chi connectivity index (χ2n) is 2.21. The van der Waals surface area contributed by atoms with Crippen LogP contribution < -0.4 is 0 Å². The molecule has 0 amide bonds. The van der Waals surface area contributed by atoms with Crippen LogP contribution in [0.3, 0.4) is 0 Å². The normalized spacial score (nSPS) is 10.1. The van der Waals surface area contributed by atoms with Gasteiger partial charge in [0.05, 0.1) is 0 Å². The van der Waals surface area contributed by atoms with E-state index >= 15 is 0 Å². The maximum absolute atomic E-state index is 4.19. The molecule has 0 unspecified atom stereocenters. The maximum atomic E-state index is 4.19. The van der Waals surface area contributed by atoms with Gasteiger partial charge in [0.15, 0.2) is 0 Å². The lowest BCUT2D eigenvalue weighted by atomic mass is 10.2. The summed E-state index contributed by atoms with van der Waals surface area (Å²) < 4.78 is 2.45. The number of rotatable bonds is 2. The van der Waals surface area contributed by atoms with Gasteiger partial charge in [-0.1, -0.05) is 22.0 Å². The highest BCUT2D eigenvalue weighted by atomic mass is 127. The zero-order valence-electron chi connectivity index (χ0n) is 5.85. The highest BCUT2D eigenvalue weighted by molar-refractivity contribution is 14.1. The molecule has 0 saturated carbocycles. The van der Waals surface area contributed by atoms with Crippen LogP contribution in [0.5, 0.6) is 0 Å². The smallest absolute Gasteiger partial charge is 0.0185 e. The average molecular weight is 343 g/mol. The monoisotopic (exact) mass is 342 g/mol. The molecule has 60 valence electrons. The number of thiol groups is 1. The van der Waals surface area contributed by atoms with Gasteiger partial charge in [0.25, 0.3) is 0 Å². The summed E-state index contributed by atoms with van der Waals surface area (Å²) in [5.74, 6) is 0.914. The van der Waals surface area contributed by atoms with E-state index in [0.29, 0.717) is 0 Å². The Bertz CT molecular complexity index is 250. The fourth-order valence-corrected chi connectivity index (χ4v) is 2.66. The van der Waals surface area contributed by atoms with E-state index in [2.05, 4.69) is 69.3 Å². The third-order valence-electron chi connectivity index (χ3n) is 1.40. The number of hydrogen-bond donors (Lipinski definition) is 1. The molecule has 0 spiro atoms. The third-order valence-corrected chi connectivity index (χ3v) is 3.12. The summed E-state index contributed by atoms with van der Waals surface area (Å²) in [4.78, 5) is 0. The summed E-state index contributed by atoms with van der Waals surface area (Å²) in [6, 6.07) is 6.34. The standard InChI is InChI=1S/C8H8BrIS/c9-7-2-1-6(3-4-11)8(10)5-7/h1-2,5,11H,3-4H2. The van der Waals surface area contributed by atoms with Crippen molar-refractivity contribution in [3.8, 4) is 0 Å². The van der Waals surface area contributed by atoms with Crippen LogP contribution in [0.25, 0.3) is 0 Å². The van der Waals surface area contributed by atoms with Gasteiger partial charge in [0, 0.05) is 8.04 Å². The van der Waals surface area contributed by atoms with E-state index in [1.807, 2.05) is 0 Å². The lowest BCUT2D eigenvalue weighted by Crippen LogP contribution is -1.89. The Hall–Kier alpha value is 0.780. The molecule has 3 heteroatoms. The van der Waals surface area contributed by atoms with E-state index in [1.165, 1.54) is 9.13 Å². The lowest BCUT2D eigenvalue weighted by Gasteiger charge is -2.01. The van der Waals surface area contributed by atoms with Crippen molar-refractivity contribution < 1.29 is 0 Å². The van der Waals surface area contributed by atoms with Crippen molar-refractivity contribution in [1.29, 1.82) is 0 Å². The molecule has 0 fully saturated rings. The van der Waals surface area contributed by atoms with Gasteiger partial charge in [-0.05, 0) is 52.5 Å². The minimum atomic E-state index is 0.914. The number of aryl methyl sites for hydroxylation is 1. The highest BCUT2D eigenvalue weighted by Crippen LogP contribution is 2.18. The summed E-state index contributed by atoms with van der Waals surface area (Å²) in [7, 11) is 0. The Morgan fingerprint density at radius 1 is 1.45 bits per heavy atom. The van der Waals surface area contributed by atoms with Crippen molar-refractivity contribution in [3.63, 3.8) is 0 Å². The topological polar surface area (TPSA) is 0 Å². The molecule has 0 aliphatic rings. The molecular weight excluding hydrogens is 335 g/mol. The Morgan fingerprint density at radius 2 is 2.18 bits per heavy atom. The Balaban J connectivity index is 2.90. The summed E-state index contributed by atoms with van der Waals surface area (Å²) in [5, 5.41) is 0. The molecule has 0 aliphatic carbocycles. The van der Waals surface area contributed by atoms with Crippen molar-refractivity contribution in [3.05, 3.63) is 31.8 Å². The fourth-order valence-electron chi connectivity index (χ4n) is 0.845. The minimum Gasteiger partial charge on any atom is -0.179 e. The van der Waals surface area contributed by atoms with E-state index in [4.69, 9.17) is 0 Å². The second-order valence-corrected chi connectivity index (χ2v) is 4.73. The van der Waals surface area contributed by atoms with Crippen LogP contribution in [0.1, 0.15) is 5.56 Å². The maximum Gasteiger partial charge on any atom is 0.0185 e. The zero-order chi connectivity index (χ0) is 8.27. The molecule has 0 N–H and O–H groups in total. The zero-order valence-corrected chi connectivity index (χ0v) is 10.5. The molecule has 11 heavy (non-hydrogen) atoms. The average Bonchev–Trinajstić information content (AvgIpc) is 1.95. The summed E-state index contributed by atoms with van der Waals surface area (Å²) in [6.45, 7) is 0. The van der Waals surface area contributed by atoms with E-state index in [-0.39, 0.29) is 0 Å². The molecule has 1 rings (SSSR count). The van der Waals surface area contributed by atoms with Crippen molar-refractivity contribution in [2.75, 3.05) is 5.75 Å². The van der Waals surface area contributed by atoms with Gasteiger partial charge in [-0.15, -0.1) is 0 Å². The van der Waals surface area contributed by atoms with Gasteiger partial charge in [-0.25, -0.2) is 0 Å². The Morgan fingerprint density at radius 3 is 2.73 bits per heavy atom. The van der Waals surface area contributed by atoms with E-state index in [0.717, 1.165) is 16.6 Å². The molecule has 0 aliphatic heterocycles. The molecule has 1 aromatic carbocycles. The van der Waals surface area contributed by atoms with Gasteiger partial charge in [0.2, 0.25) is 0 Å².